The van der Waals surface area contributed by atoms with Gasteiger partial charge in [-0.3, -0.25) is 9.36 Å². The van der Waals surface area contributed by atoms with Crippen LogP contribution in [0.5, 0.6) is 0 Å². The topological polar surface area (TPSA) is 35.6 Å². The van der Waals surface area contributed by atoms with Crippen molar-refractivity contribution in [1.82, 2.24) is 19.6 Å². The van der Waals surface area contributed by atoms with Crippen LogP contribution in [0.25, 0.3) is 0 Å². The molecule has 0 radical (unpaired) electrons. The van der Waals surface area contributed by atoms with E-state index in [-0.39, 0.29) is 0 Å². The van der Waals surface area contributed by atoms with Crippen LogP contribution in [0, 0.1) is 13.8 Å². The van der Waals surface area contributed by atoms with E-state index in [4.69, 9.17) is 0 Å². The largest absolute Gasteiger partial charge is 0.267 e. The summed E-state index contributed by atoms with van der Waals surface area (Å²) in [5.41, 5.74) is 3.36. The standard InChI is InChI=1S/C11H15BrN4/c1-4-15-10(11(12)9(3)14-15)7-16-8(2)5-6-13-16/h5-6H,4,7H2,1-3H3. The number of aryl methyl sites for hydroxylation is 3. The van der Waals surface area contributed by atoms with Crippen molar-refractivity contribution in [2.45, 2.75) is 33.9 Å². The predicted octanol–water partition coefficient (Wildman–Crippen LogP) is 2.53. The minimum atomic E-state index is 0.758. The molecule has 0 bridgehead atoms. The summed E-state index contributed by atoms with van der Waals surface area (Å²) in [6, 6.07) is 2.01. The van der Waals surface area contributed by atoms with E-state index >= 15 is 0 Å². The molecule has 0 aromatic carbocycles. The number of rotatable bonds is 3. The summed E-state index contributed by atoms with van der Waals surface area (Å²) in [5, 5.41) is 8.76. The Morgan fingerprint density at radius 2 is 2.06 bits per heavy atom. The van der Waals surface area contributed by atoms with E-state index < -0.39 is 0 Å². The molecule has 0 atom stereocenters. The van der Waals surface area contributed by atoms with E-state index in [0.29, 0.717) is 0 Å². The summed E-state index contributed by atoms with van der Waals surface area (Å²) in [6.07, 6.45) is 1.82. The molecule has 0 fully saturated rings. The zero-order valence-corrected chi connectivity index (χ0v) is 11.3. The lowest BCUT2D eigenvalue weighted by molar-refractivity contribution is 0.567. The van der Waals surface area contributed by atoms with Crippen molar-refractivity contribution in [3.05, 3.63) is 33.8 Å². The van der Waals surface area contributed by atoms with Crippen LogP contribution in [0.1, 0.15) is 24.0 Å². The van der Waals surface area contributed by atoms with Crippen molar-refractivity contribution in [1.29, 1.82) is 0 Å². The van der Waals surface area contributed by atoms with Crippen molar-refractivity contribution in [2.75, 3.05) is 0 Å². The Labute approximate surface area is 103 Å². The molecule has 2 heterocycles. The molecule has 0 aliphatic heterocycles. The highest BCUT2D eigenvalue weighted by Crippen LogP contribution is 2.22. The number of aromatic nitrogens is 4. The third kappa shape index (κ3) is 1.91. The summed E-state index contributed by atoms with van der Waals surface area (Å²) in [6.45, 7) is 7.80. The molecule has 0 aliphatic rings. The summed E-state index contributed by atoms with van der Waals surface area (Å²) < 4.78 is 5.08. The summed E-state index contributed by atoms with van der Waals surface area (Å²) in [4.78, 5) is 0. The van der Waals surface area contributed by atoms with Crippen molar-refractivity contribution in [3.63, 3.8) is 0 Å². The van der Waals surface area contributed by atoms with Gasteiger partial charge in [-0.25, -0.2) is 0 Å². The summed E-state index contributed by atoms with van der Waals surface area (Å²) in [5.74, 6) is 0. The van der Waals surface area contributed by atoms with Crippen LogP contribution >= 0.6 is 15.9 Å². The molecule has 5 heteroatoms. The lowest BCUT2D eigenvalue weighted by atomic mass is 10.3. The number of nitrogens with zero attached hydrogens (tertiary/aromatic N) is 4. The maximum atomic E-state index is 4.47. The van der Waals surface area contributed by atoms with Crippen LogP contribution in [0.15, 0.2) is 16.7 Å². The van der Waals surface area contributed by atoms with E-state index in [0.717, 1.165) is 29.0 Å². The van der Waals surface area contributed by atoms with E-state index in [1.54, 1.807) is 0 Å². The second kappa shape index (κ2) is 4.41. The molecule has 2 aromatic rings. The van der Waals surface area contributed by atoms with Gasteiger partial charge in [0.1, 0.15) is 0 Å². The number of hydrogen-bond acceptors (Lipinski definition) is 2. The molecule has 16 heavy (non-hydrogen) atoms. The van der Waals surface area contributed by atoms with Crippen LogP contribution in [0.2, 0.25) is 0 Å². The van der Waals surface area contributed by atoms with E-state index in [1.165, 1.54) is 5.69 Å². The zero-order valence-electron chi connectivity index (χ0n) is 9.74. The molecule has 2 rings (SSSR count). The van der Waals surface area contributed by atoms with Crippen molar-refractivity contribution >= 4 is 15.9 Å². The van der Waals surface area contributed by atoms with Crippen LogP contribution in [0.4, 0.5) is 0 Å². The molecule has 0 unspecified atom stereocenters. The van der Waals surface area contributed by atoms with Gasteiger partial charge in [0, 0.05) is 18.4 Å². The Bertz CT molecular complexity index is 498. The van der Waals surface area contributed by atoms with Crippen molar-refractivity contribution < 1.29 is 0 Å². The second-order valence-corrected chi connectivity index (χ2v) is 4.59. The van der Waals surface area contributed by atoms with Crippen LogP contribution < -0.4 is 0 Å². The Hall–Kier alpha value is -1.10. The maximum absolute atomic E-state index is 4.47. The van der Waals surface area contributed by atoms with Crippen LogP contribution in [0.3, 0.4) is 0 Å². The Balaban J connectivity index is 2.37. The van der Waals surface area contributed by atoms with Gasteiger partial charge < -0.3 is 0 Å². The molecule has 2 aromatic heterocycles. The highest BCUT2D eigenvalue weighted by molar-refractivity contribution is 9.10. The number of hydrogen-bond donors (Lipinski definition) is 0. The molecule has 0 saturated heterocycles. The van der Waals surface area contributed by atoms with E-state index in [2.05, 4.69) is 40.0 Å². The van der Waals surface area contributed by atoms with Gasteiger partial charge in [0.25, 0.3) is 0 Å². The average Bonchev–Trinajstić information content (AvgIpc) is 2.78. The van der Waals surface area contributed by atoms with Crippen LogP contribution in [-0.2, 0) is 13.1 Å². The normalized spacial score (nSPS) is 11.0. The first kappa shape index (κ1) is 11.4. The molecule has 0 amide bonds. The summed E-state index contributed by atoms with van der Waals surface area (Å²) in [7, 11) is 0. The third-order valence-corrected chi connectivity index (χ3v) is 3.71. The smallest absolute Gasteiger partial charge is 0.0842 e. The Morgan fingerprint density at radius 3 is 2.62 bits per heavy atom. The average molecular weight is 283 g/mol. The van der Waals surface area contributed by atoms with Gasteiger partial charge in [-0.1, -0.05) is 0 Å². The Morgan fingerprint density at radius 1 is 1.31 bits per heavy atom. The molecule has 4 nitrogen and oxygen atoms in total. The molecule has 0 spiro atoms. The monoisotopic (exact) mass is 282 g/mol. The zero-order chi connectivity index (χ0) is 11.7. The van der Waals surface area contributed by atoms with Gasteiger partial charge >= 0.3 is 0 Å². The van der Waals surface area contributed by atoms with Gasteiger partial charge in [0.05, 0.1) is 22.4 Å². The van der Waals surface area contributed by atoms with Gasteiger partial charge in [0.2, 0.25) is 0 Å². The third-order valence-electron chi connectivity index (χ3n) is 2.68. The van der Waals surface area contributed by atoms with Gasteiger partial charge in [-0.2, -0.15) is 10.2 Å². The first-order valence-corrected chi connectivity index (χ1v) is 6.13. The predicted molar refractivity (Wildman–Crippen MR) is 66.4 cm³/mol. The van der Waals surface area contributed by atoms with Crippen molar-refractivity contribution in [2.24, 2.45) is 0 Å². The minimum Gasteiger partial charge on any atom is -0.267 e. The van der Waals surface area contributed by atoms with Crippen LogP contribution in [-0.4, -0.2) is 19.6 Å². The quantitative estimate of drug-likeness (QED) is 0.867. The first-order chi connectivity index (χ1) is 7.63. The highest BCUT2D eigenvalue weighted by Gasteiger charge is 2.13. The lowest BCUT2D eigenvalue weighted by Crippen LogP contribution is -2.10. The van der Waals surface area contributed by atoms with Gasteiger partial charge in [-0.15, -0.1) is 0 Å². The highest BCUT2D eigenvalue weighted by atomic mass is 79.9. The van der Waals surface area contributed by atoms with Gasteiger partial charge in [-0.05, 0) is 42.8 Å². The number of halogens is 1. The second-order valence-electron chi connectivity index (χ2n) is 3.79. The molecule has 0 aliphatic carbocycles. The molecular formula is C11H15BrN4. The van der Waals surface area contributed by atoms with Crippen molar-refractivity contribution in [3.8, 4) is 0 Å². The molecule has 0 N–H and O–H groups in total. The van der Waals surface area contributed by atoms with Gasteiger partial charge in [0.15, 0.2) is 0 Å². The fraction of sp³-hybridized carbons (Fsp3) is 0.455. The molecule has 86 valence electrons. The lowest BCUT2D eigenvalue weighted by Gasteiger charge is -2.07. The SMILES string of the molecule is CCn1nc(C)c(Br)c1Cn1nccc1C. The van der Waals surface area contributed by atoms with E-state index in [9.17, 15) is 0 Å². The molecular weight excluding hydrogens is 268 g/mol. The first-order valence-electron chi connectivity index (χ1n) is 5.33. The van der Waals surface area contributed by atoms with E-state index in [1.807, 2.05) is 28.6 Å². The summed E-state index contributed by atoms with van der Waals surface area (Å²) >= 11 is 3.59. The Kier molecular flexibility index (Phi) is 3.14. The minimum absolute atomic E-state index is 0.758. The fourth-order valence-corrected chi connectivity index (χ4v) is 2.14. The fourth-order valence-electron chi connectivity index (χ4n) is 1.73. The maximum Gasteiger partial charge on any atom is 0.0842 e. The molecule has 0 saturated carbocycles.